The molecule has 0 unspecified atom stereocenters. The topological polar surface area (TPSA) is 68.1 Å². The van der Waals surface area contributed by atoms with Crippen LogP contribution >= 0.6 is 11.3 Å². The summed E-state index contributed by atoms with van der Waals surface area (Å²) in [5.41, 5.74) is 1.17. The lowest BCUT2D eigenvalue weighted by atomic mass is 10.4. The third kappa shape index (κ3) is 2.34. The van der Waals surface area contributed by atoms with Crippen LogP contribution in [0.25, 0.3) is 0 Å². The molecule has 0 saturated heterocycles. The van der Waals surface area contributed by atoms with E-state index in [0.717, 1.165) is 5.00 Å². The Morgan fingerprint density at radius 1 is 1.50 bits per heavy atom. The Bertz CT molecular complexity index is 507. The van der Waals surface area contributed by atoms with E-state index >= 15 is 0 Å². The van der Waals surface area contributed by atoms with Gasteiger partial charge >= 0.3 is 0 Å². The average molecular weight is 235 g/mol. The molecule has 0 aliphatic carbocycles. The normalized spacial score (nSPS) is 10.1. The number of aromatic nitrogens is 1. The first-order chi connectivity index (χ1) is 7.65. The second-order valence-electron chi connectivity index (χ2n) is 3.27. The monoisotopic (exact) mass is 235 g/mol. The van der Waals surface area contributed by atoms with Gasteiger partial charge in [0.1, 0.15) is 12.0 Å². The summed E-state index contributed by atoms with van der Waals surface area (Å²) < 4.78 is 0. The van der Waals surface area contributed by atoms with Crippen molar-refractivity contribution in [2.75, 3.05) is 5.32 Å². The smallest absolute Gasteiger partial charge is 0.287 e. The van der Waals surface area contributed by atoms with Gasteiger partial charge in [0.2, 0.25) is 0 Å². The molecule has 5 nitrogen and oxygen atoms in total. The Kier molecular flexibility index (Phi) is 2.82. The minimum Gasteiger partial charge on any atom is -0.332 e. The van der Waals surface area contributed by atoms with E-state index in [4.69, 9.17) is 0 Å². The van der Waals surface area contributed by atoms with Crippen molar-refractivity contribution in [1.82, 2.24) is 4.98 Å². The van der Waals surface area contributed by atoms with E-state index in [1.165, 1.54) is 17.8 Å². The molecule has 16 heavy (non-hydrogen) atoms. The Hall–Kier alpha value is -1.95. The maximum atomic E-state index is 10.4. The lowest BCUT2D eigenvalue weighted by Gasteiger charge is -2.00. The molecule has 6 heteroatoms. The number of pyridine rings is 1. The maximum absolute atomic E-state index is 10.4. The third-order valence-electron chi connectivity index (χ3n) is 1.94. The predicted molar refractivity (Wildman–Crippen MR) is 63.2 cm³/mol. The summed E-state index contributed by atoms with van der Waals surface area (Å²) in [6, 6.07) is 5.01. The molecule has 0 aliphatic rings. The van der Waals surface area contributed by atoms with Gasteiger partial charge in [-0.1, -0.05) is 0 Å². The first-order valence-electron chi connectivity index (χ1n) is 4.58. The average Bonchev–Trinajstić information content (AvgIpc) is 2.65. The Morgan fingerprint density at radius 2 is 2.31 bits per heavy atom. The number of nitrogens with one attached hydrogen (secondary N) is 1. The molecule has 0 bridgehead atoms. The first kappa shape index (κ1) is 10.6. The van der Waals surface area contributed by atoms with E-state index in [2.05, 4.69) is 10.3 Å². The molecule has 2 rings (SSSR count). The summed E-state index contributed by atoms with van der Waals surface area (Å²) >= 11 is 1.57. The number of hydrogen-bond donors (Lipinski definition) is 1. The number of rotatable bonds is 3. The summed E-state index contributed by atoms with van der Waals surface area (Å²) in [4.78, 5) is 13.9. The molecule has 2 heterocycles. The molecule has 2 aromatic heterocycles. The molecule has 1 N–H and O–H groups in total. The number of anilines is 2. The van der Waals surface area contributed by atoms with Gasteiger partial charge in [-0.3, -0.25) is 10.1 Å². The fourth-order valence-electron chi connectivity index (χ4n) is 1.19. The quantitative estimate of drug-likeness (QED) is 0.655. The van der Waals surface area contributed by atoms with E-state index in [1.807, 2.05) is 18.4 Å². The van der Waals surface area contributed by atoms with Gasteiger partial charge in [0.05, 0.1) is 9.92 Å². The largest absolute Gasteiger partial charge is 0.332 e. The maximum Gasteiger partial charge on any atom is 0.287 e. The van der Waals surface area contributed by atoms with E-state index in [9.17, 15) is 10.1 Å². The molecule has 0 atom stereocenters. The molecule has 82 valence electrons. The fourth-order valence-corrected chi connectivity index (χ4v) is 1.99. The Labute approximate surface area is 95.9 Å². The van der Waals surface area contributed by atoms with Gasteiger partial charge in [0, 0.05) is 6.07 Å². The van der Waals surface area contributed by atoms with Crippen molar-refractivity contribution >= 4 is 27.8 Å². The van der Waals surface area contributed by atoms with Crippen LogP contribution in [0.15, 0.2) is 29.8 Å². The third-order valence-corrected chi connectivity index (χ3v) is 2.90. The molecule has 0 spiro atoms. The summed E-state index contributed by atoms with van der Waals surface area (Å²) in [6.07, 6.45) is 1.24. The number of nitro groups is 1. The van der Waals surface area contributed by atoms with Gasteiger partial charge in [-0.25, -0.2) is 4.98 Å². The van der Waals surface area contributed by atoms with Crippen molar-refractivity contribution in [2.24, 2.45) is 0 Å². The summed E-state index contributed by atoms with van der Waals surface area (Å²) in [7, 11) is 0. The van der Waals surface area contributed by atoms with E-state index in [-0.39, 0.29) is 5.69 Å². The summed E-state index contributed by atoms with van der Waals surface area (Å²) in [5.74, 6) is 0.604. The highest BCUT2D eigenvalue weighted by molar-refractivity contribution is 7.14. The van der Waals surface area contributed by atoms with Crippen LogP contribution in [0.4, 0.5) is 16.5 Å². The van der Waals surface area contributed by atoms with Crippen LogP contribution in [0.1, 0.15) is 5.56 Å². The van der Waals surface area contributed by atoms with Crippen molar-refractivity contribution in [3.05, 3.63) is 45.5 Å². The zero-order chi connectivity index (χ0) is 11.5. The Morgan fingerprint density at radius 3 is 2.81 bits per heavy atom. The van der Waals surface area contributed by atoms with Crippen molar-refractivity contribution in [3.63, 3.8) is 0 Å². The van der Waals surface area contributed by atoms with Crippen LogP contribution in [-0.4, -0.2) is 9.91 Å². The molecule has 0 radical (unpaired) electrons. The van der Waals surface area contributed by atoms with Gasteiger partial charge in [-0.05, 0) is 30.0 Å². The van der Waals surface area contributed by atoms with Crippen molar-refractivity contribution in [3.8, 4) is 0 Å². The summed E-state index contributed by atoms with van der Waals surface area (Å²) in [5, 5.41) is 16.5. The highest BCUT2D eigenvalue weighted by atomic mass is 32.1. The SMILES string of the molecule is Cc1csc(Nc2ccc([N+](=O)[O-])cn2)c1. The van der Waals surface area contributed by atoms with Crippen LogP contribution in [0, 0.1) is 17.0 Å². The second-order valence-corrected chi connectivity index (χ2v) is 4.18. The van der Waals surface area contributed by atoms with Crippen molar-refractivity contribution in [2.45, 2.75) is 6.92 Å². The fraction of sp³-hybridized carbons (Fsp3) is 0.100. The van der Waals surface area contributed by atoms with Crippen LogP contribution in [0.3, 0.4) is 0 Å². The van der Waals surface area contributed by atoms with Crippen molar-refractivity contribution < 1.29 is 4.92 Å². The molecule has 0 amide bonds. The minimum atomic E-state index is -0.466. The molecular weight excluding hydrogens is 226 g/mol. The molecule has 0 fully saturated rings. The van der Waals surface area contributed by atoms with Crippen LogP contribution < -0.4 is 5.32 Å². The van der Waals surface area contributed by atoms with Crippen molar-refractivity contribution in [1.29, 1.82) is 0 Å². The zero-order valence-electron chi connectivity index (χ0n) is 8.51. The highest BCUT2D eigenvalue weighted by Gasteiger charge is 2.05. The van der Waals surface area contributed by atoms with Gasteiger partial charge < -0.3 is 5.32 Å². The Balaban J connectivity index is 2.14. The highest BCUT2D eigenvalue weighted by Crippen LogP contribution is 2.23. The van der Waals surface area contributed by atoms with E-state index < -0.39 is 4.92 Å². The number of nitrogens with zero attached hydrogens (tertiary/aromatic N) is 2. The summed E-state index contributed by atoms with van der Waals surface area (Å²) in [6.45, 7) is 2.00. The van der Waals surface area contributed by atoms with Gasteiger partial charge in [-0.2, -0.15) is 0 Å². The molecular formula is C10H9N3O2S. The van der Waals surface area contributed by atoms with Crippen LogP contribution in [-0.2, 0) is 0 Å². The van der Waals surface area contributed by atoms with Gasteiger partial charge in [0.25, 0.3) is 5.69 Å². The molecule has 0 saturated carbocycles. The second kappa shape index (κ2) is 4.28. The first-order valence-corrected chi connectivity index (χ1v) is 5.46. The van der Waals surface area contributed by atoms with Crippen LogP contribution in [0.2, 0.25) is 0 Å². The van der Waals surface area contributed by atoms with Gasteiger partial charge in [-0.15, -0.1) is 11.3 Å². The van der Waals surface area contributed by atoms with Gasteiger partial charge in [0.15, 0.2) is 0 Å². The lowest BCUT2D eigenvalue weighted by Crippen LogP contribution is -1.93. The number of aryl methyl sites for hydroxylation is 1. The standard InChI is InChI=1S/C10H9N3O2S/c1-7-4-10(16-6-7)12-9-3-2-8(5-11-9)13(14)15/h2-6H,1H3,(H,11,12). The molecule has 2 aromatic rings. The lowest BCUT2D eigenvalue weighted by molar-refractivity contribution is -0.385. The number of thiophene rings is 1. The molecule has 0 aliphatic heterocycles. The number of hydrogen-bond acceptors (Lipinski definition) is 5. The zero-order valence-corrected chi connectivity index (χ0v) is 9.32. The minimum absolute atomic E-state index is 0.00656. The van der Waals surface area contributed by atoms with Crippen LogP contribution in [0.5, 0.6) is 0 Å². The predicted octanol–water partition coefficient (Wildman–Crippen LogP) is 3.10. The van der Waals surface area contributed by atoms with E-state index in [1.54, 1.807) is 17.4 Å². The molecule has 0 aromatic carbocycles. The van der Waals surface area contributed by atoms with E-state index in [0.29, 0.717) is 5.82 Å².